The van der Waals surface area contributed by atoms with Crippen LogP contribution in [0.3, 0.4) is 0 Å². The molecule has 1 atom stereocenters. The Bertz CT molecular complexity index is 572. The van der Waals surface area contributed by atoms with Gasteiger partial charge < -0.3 is 10.5 Å². The zero-order chi connectivity index (χ0) is 19.4. The summed E-state index contributed by atoms with van der Waals surface area (Å²) in [6.45, 7) is 18.8. The van der Waals surface area contributed by atoms with E-state index in [2.05, 4.69) is 25.5 Å². The van der Waals surface area contributed by atoms with Crippen LogP contribution < -0.4 is 5.73 Å². The molecule has 0 saturated carbocycles. The SMILES string of the molecule is C=C(C)/C(N)=C\C(=C(C)C)c1ccnn1C1CCCCO1.CC.CC. The molecule has 2 N–H and O–H groups in total. The van der Waals surface area contributed by atoms with Gasteiger partial charge in [0.15, 0.2) is 6.23 Å². The highest BCUT2D eigenvalue weighted by atomic mass is 16.5. The maximum absolute atomic E-state index is 6.06. The molecule has 0 spiro atoms. The summed E-state index contributed by atoms with van der Waals surface area (Å²) in [5.41, 5.74) is 10.9. The second kappa shape index (κ2) is 12.5. The van der Waals surface area contributed by atoms with Gasteiger partial charge in [-0.05, 0) is 57.7 Å². The van der Waals surface area contributed by atoms with Crippen molar-refractivity contribution in [2.24, 2.45) is 5.73 Å². The minimum atomic E-state index is 0.0255. The monoisotopic (exact) mass is 347 g/mol. The third-order valence-corrected chi connectivity index (χ3v) is 3.71. The molecule has 25 heavy (non-hydrogen) atoms. The van der Waals surface area contributed by atoms with E-state index in [-0.39, 0.29) is 6.23 Å². The molecule has 0 amide bonds. The Morgan fingerprint density at radius 2 is 1.88 bits per heavy atom. The van der Waals surface area contributed by atoms with Crippen molar-refractivity contribution in [3.63, 3.8) is 0 Å². The van der Waals surface area contributed by atoms with E-state index in [9.17, 15) is 0 Å². The lowest BCUT2D eigenvalue weighted by molar-refractivity contribution is -0.0399. The van der Waals surface area contributed by atoms with Crippen molar-refractivity contribution in [3.05, 3.63) is 47.5 Å². The number of aromatic nitrogens is 2. The lowest BCUT2D eigenvalue weighted by atomic mass is 10.0. The summed E-state index contributed by atoms with van der Waals surface area (Å²) in [6, 6.07) is 2.02. The van der Waals surface area contributed by atoms with Crippen LogP contribution in [0.25, 0.3) is 5.57 Å². The Hall–Kier alpha value is -1.81. The lowest BCUT2D eigenvalue weighted by Crippen LogP contribution is -2.20. The van der Waals surface area contributed by atoms with E-state index in [0.717, 1.165) is 36.3 Å². The number of ether oxygens (including phenoxy) is 1. The Labute approximate surface area is 154 Å². The summed E-state index contributed by atoms with van der Waals surface area (Å²) in [5, 5.41) is 4.46. The van der Waals surface area contributed by atoms with Gasteiger partial charge >= 0.3 is 0 Å². The molecule has 1 aromatic rings. The average molecular weight is 348 g/mol. The van der Waals surface area contributed by atoms with Crippen LogP contribution in [0.1, 0.15) is 79.7 Å². The quantitative estimate of drug-likeness (QED) is 0.695. The van der Waals surface area contributed by atoms with Gasteiger partial charge in [0, 0.05) is 24.1 Å². The van der Waals surface area contributed by atoms with E-state index >= 15 is 0 Å². The predicted octanol–water partition coefficient (Wildman–Crippen LogP) is 5.85. The number of nitrogens with zero attached hydrogens (tertiary/aromatic N) is 2. The van der Waals surface area contributed by atoms with E-state index in [1.165, 1.54) is 12.0 Å². The largest absolute Gasteiger partial charge is 0.399 e. The van der Waals surface area contributed by atoms with Gasteiger partial charge in [0.05, 0.1) is 5.69 Å². The Morgan fingerprint density at radius 1 is 1.24 bits per heavy atom. The molecule has 0 radical (unpaired) electrons. The fraction of sp³-hybridized carbons (Fsp3) is 0.571. The molecule has 0 aliphatic carbocycles. The molecule has 1 aliphatic heterocycles. The molecule has 0 aromatic carbocycles. The van der Waals surface area contributed by atoms with Crippen LogP contribution in [0, 0.1) is 0 Å². The van der Waals surface area contributed by atoms with Crippen LogP contribution >= 0.6 is 0 Å². The first-order chi connectivity index (χ1) is 12.0. The van der Waals surface area contributed by atoms with Gasteiger partial charge in [-0.2, -0.15) is 5.10 Å². The number of rotatable bonds is 4. The van der Waals surface area contributed by atoms with Gasteiger partial charge in [-0.1, -0.05) is 39.8 Å². The van der Waals surface area contributed by atoms with Crippen molar-refractivity contribution in [3.8, 4) is 0 Å². The molecular weight excluding hydrogens is 310 g/mol. The van der Waals surface area contributed by atoms with Crippen molar-refractivity contribution < 1.29 is 4.74 Å². The average Bonchev–Trinajstić information content (AvgIpc) is 3.12. The van der Waals surface area contributed by atoms with Gasteiger partial charge in [0.2, 0.25) is 0 Å². The number of hydrogen-bond donors (Lipinski definition) is 1. The highest BCUT2D eigenvalue weighted by molar-refractivity contribution is 5.75. The summed E-state index contributed by atoms with van der Waals surface area (Å²) >= 11 is 0. The smallest absolute Gasteiger partial charge is 0.150 e. The fourth-order valence-corrected chi connectivity index (χ4v) is 2.43. The van der Waals surface area contributed by atoms with Crippen LogP contribution in [-0.4, -0.2) is 16.4 Å². The van der Waals surface area contributed by atoms with E-state index in [1.807, 2.05) is 57.6 Å². The first-order valence-corrected chi connectivity index (χ1v) is 9.46. The number of hydrogen-bond acceptors (Lipinski definition) is 3. The second-order valence-electron chi connectivity index (χ2n) is 5.78. The molecule has 2 rings (SSSR count). The van der Waals surface area contributed by atoms with Gasteiger partial charge in [-0.3, -0.25) is 0 Å². The molecule has 1 aromatic heterocycles. The molecule has 142 valence electrons. The number of allylic oxidation sites excluding steroid dienone is 4. The summed E-state index contributed by atoms with van der Waals surface area (Å²) in [4.78, 5) is 0. The minimum Gasteiger partial charge on any atom is -0.399 e. The molecule has 1 fully saturated rings. The van der Waals surface area contributed by atoms with Gasteiger partial charge in [-0.15, -0.1) is 0 Å². The first-order valence-electron chi connectivity index (χ1n) is 9.46. The molecule has 1 saturated heterocycles. The summed E-state index contributed by atoms with van der Waals surface area (Å²) in [6.07, 6.45) is 7.14. The fourth-order valence-electron chi connectivity index (χ4n) is 2.43. The molecule has 1 unspecified atom stereocenters. The molecule has 2 heterocycles. The third-order valence-electron chi connectivity index (χ3n) is 3.71. The topological polar surface area (TPSA) is 53.1 Å². The predicted molar refractivity (Wildman–Crippen MR) is 109 cm³/mol. The van der Waals surface area contributed by atoms with Crippen molar-refractivity contribution in [1.29, 1.82) is 0 Å². The third kappa shape index (κ3) is 6.91. The maximum Gasteiger partial charge on any atom is 0.150 e. The van der Waals surface area contributed by atoms with Gasteiger partial charge in [-0.25, -0.2) is 4.68 Å². The minimum absolute atomic E-state index is 0.0255. The van der Waals surface area contributed by atoms with Crippen molar-refractivity contribution in [2.75, 3.05) is 6.61 Å². The van der Waals surface area contributed by atoms with Gasteiger partial charge in [0.25, 0.3) is 0 Å². The number of nitrogens with two attached hydrogens (primary N) is 1. The zero-order valence-corrected chi connectivity index (χ0v) is 17.2. The van der Waals surface area contributed by atoms with Crippen LogP contribution in [-0.2, 0) is 4.74 Å². The van der Waals surface area contributed by atoms with E-state index in [0.29, 0.717) is 5.70 Å². The first kappa shape index (κ1) is 23.2. The maximum atomic E-state index is 6.06. The lowest BCUT2D eigenvalue weighted by Gasteiger charge is -2.25. The summed E-state index contributed by atoms with van der Waals surface area (Å²) < 4.78 is 7.83. The van der Waals surface area contributed by atoms with Crippen LogP contribution in [0.4, 0.5) is 0 Å². The molecule has 4 nitrogen and oxygen atoms in total. The summed E-state index contributed by atoms with van der Waals surface area (Å²) in [7, 11) is 0. The highest BCUT2D eigenvalue weighted by Crippen LogP contribution is 2.28. The van der Waals surface area contributed by atoms with Crippen LogP contribution in [0.5, 0.6) is 0 Å². The van der Waals surface area contributed by atoms with E-state index in [4.69, 9.17) is 10.5 Å². The van der Waals surface area contributed by atoms with Crippen LogP contribution in [0.15, 0.2) is 41.8 Å². The second-order valence-corrected chi connectivity index (χ2v) is 5.78. The molecule has 1 aliphatic rings. The Kier molecular flexibility index (Phi) is 11.6. The van der Waals surface area contributed by atoms with Crippen LogP contribution in [0.2, 0.25) is 0 Å². The highest BCUT2D eigenvalue weighted by Gasteiger charge is 2.20. The Morgan fingerprint density at radius 3 is 2.36 bits per heavy atom. The summed E-state index contributed by atoms with van der Waals surface area (Å²) in [5.74, 6) is 0. The van der Waals surface area contributed by atoms with Crippen molar-refractivity contribution in [2.45, 2.75) is 74.0 Å². The zero-order valence-electron chi connectivity index (χ0n) is 17.2. The van der Waals surface area contributed by atoms with Crippen molar-refractivity contribution in [1.82, 2.24) is 9.78 Å². The standard InChI is InChI=1S/C17H25N3O.2C2H6/c1-12(2)14(11-15(18)13(3)4)16-8-9-19-20(16)17-7-5-6-10-21-17;2*1-2/h8-9,11,17H,3,5-7,10,18H2,1-2,4H3;2*1-2H3/b15-11+;;. The molecule has 0 bridgehead atoms. The molecule has 4 heteroatoms. The van der Waals surface area contributed by atoms with Crippen molar-refractivity contribution >= 4 is 5.57 Å². The Balaban J connectivity index is 0.00000134. The molecular formula is C21H37N3O. The van der Waals surface area contributed by atoms with E-state index < -0.39 is 0 Å². The van der Waals surface area contributed by atoms with Gasteiger partial charge in [0.1, 0.15) is 0 Å². The van der Waals surface area contributed by atoms with E-state index in [1.54, 1.807) is 0 Å². The normalized spacial score (nSPS) is 16.8.